The van der Waals surface area contributed by atoms with Gasteiger partial charge in [-0.3, -0.25) is 0 Å². The average Bonchev–Trinajstić information content (AvgIpc) is 3.21. The average molecular weight is 366 g/mol. The molecule has 0 bridgehead atoms. The topological polar surface area (TPSA) is 92.5 Å². The number of rotatable bonds is 7. The van der Waals surface area contributed by atoms with Gasteiger partial charge in [0.05, 0.1) is 6.20 Å². The van der Waals surface area contributed by atoms with Gasteiger partial charge in [-0.15, -0.1) is 5.10 Å². The van der Waals surface area contributed by atoms with Crippen LogP contribution in [0.1, 0.15) is 27.0 Å². The highest BCUT2D eigenvalue weighted by molar-refractivity contribution is 5.77. The molecule has 2 N–H and O–H groups in total. The molecular formula is C16H20F2N6O2. The first-order chi connectivity index (χ1) is 12.4. The highest BCUT2D eigenvalue weighted by Gasteiger charge is 2.23. The lowest BCUT2D eigenvalue weighted by Gasteiger charge is -2.16. The molecule has 0 aliphatic heterocycles. The standard InChI is InChI=1S/C16H20F2N6O2/c1-4-25-10(3)24-8-11(7-20-24)12-5-6-23-15(21-16(19)22-23)13(12)26-9(2)14(17)18/h5-10,14H,4H2,1-3H3,(H2,19,22). The number of aromatic nitrogens is 5. The number of ether oxygens (including phenoxy) is 2. The van der Waals surface area contributed by atoms with Crippen molar-refractivity contribution in [3.05, 3.63) is 24.7 Å². The fourth-order valence-corrected chi connectivity index (χ4v) is 2.51. The Hall–Kier alpha value is -2.75. The summed E-state index contributed by atoms with van der Waals surface area (Å²) in [4.78, 5) is 4.09. The van der Waals surface area contributed by atoms with Gasteiger partial charge in [0.1, 0.15) is 6.23 Å². The lowest BCUT2D eigenvalue weighted by molar-refractivity contribution is 0.0160. The maximum Gasteiger partial charge on any atom is 0.274 e. The second-order valence-electron chi connectivity index (χ2n) is 5.72. The molecule has 0 saturated carbocycles. The van der Waals surface area contributed by atoms with Gasteiger partial charge >= 0.3 is 0 Å². The summed E-state index contributed by atoms with van der Waals surface area (Å²) >= 11 is 0. The van der Waals surface area contributed by atoms with Gasteiger partial charge in [-0.1, -0.05) is 0 Å². The van der Waals surface area contributed by atoms with Crippen LogP contribution < -0.4 is 10.5 Å². The van der Waals surface area contributed by atoms with Gasteiger partial charge in [0, 0.05) is 30.1 Å². The van der Waals surface area contributed by atoms with Crippen LogP contribution in [0.15, 0.2) is 24.7 Å². The van der Waals surface area contributed by atoms with Crippen LogP contribution in [0, 0.1) is 0 Å². The van der Waals surface area contributed by atoms with Crippen LogP contribution in [0.3, 0.4) is 0 Å². The van der Waals surface area contributed by atoms with E-state index in [0.717, 1.165) is 0 Å². The maximum absolute atomic E-state index is 13.0. The molecule has 0 aliphatic rings. The van der Waals surface area contributed by atoms with Crippen LogP contribution in [0.2, 0.25) is 0 Å². The summed E-state index contributed by atoms with van der Waals surface area (Å²) in [5.74, 6) is 0.200. The number of alkyl halides is 2. The molecule has 0 radical (unpaired) electrons. The monoisotopic (exact) mass is 366 g/mol. The van der Waals surface area contributed by atoms with Gasteiger partial charge < -0.3 is 15.2 Å². The molecule has 3 heterocycles. The number of hydrogen-bond acceptors (Lipinski definition) is 6. The van der Waals surface area contributed by atoms with Crippen LogP contribution in [0.4, 0.5) is 14.7 Å². The number of nitrogens with two attached hydrogens (primary N) is 1. The van der Waals surface area contributed by atoms with Crippen molar-refractivity contribution in [1.29, 1.82) is 0 Å². The summed E-state index contributed by atoms with van der Waals surface area (Å²) in [5.41, 5.74) is 7.14. The van der Waals surface area contributed by atoms with Crippen molar-refractivity contribution in [1.82, 2.24) is 24.4 Å². The normalized spacial score (nSPS) is 14.1. The van der Waals surface area contributed by atoms with Gasteiger partial charge in [0.2, 0.25) is 5.95 Å². The van der Waals surface area contributed by atoms with Gasteiger partial charge in [-0.2, -0.15) is 10.1 Å². The molecule has 2 unspecified atom stereocenters. The minimum Gasteiger partial charge on any atom is -0.480 e. The fraction of sp³-hybridized carbons (Fsp3) is 0.438. The van der Waals surface area contributed by atoms with E-state index in [2.05, 4.69) is 15.2 Å². The van der Waals surface area contributed by atoms with Crippen molar-refractivity contribution in [3.8, 4) is 16.9 Å². The van der Waals surface area contributed by atoms with Crippen LogP contribution >= 0.6 is 0 Å². The quantitative estimate of drug-likeness (QED) is 0.691. The predicted molar refractivity (Wildman–Crippen MR) is 91.1 cm³/mol. The van der Waals surface area contributed by atoms with Crippen molar-refractivity contribution in [2.24, 2.45) is 0 Å². The summed E-state index contributed by atoms with van der Waals surface area (Å²) in [6.45, 7) is 5.58. The number of halogens is 2. The Balaban J connectivity index is 2.07. The summed E-state index contributed by atoms with van der Waals surface area (Å²) < 4.78 is 40.1. The minimum atomic E-state index is -2.65. The Morgan fingerprint density at radius 1 is 1.31 bits per heavy atom. The van der Waals surface area contributed by atoms with Crippen molar-refractivity contribution < 1.29 is 18.3 Å². The van der Waals surface area contributed by atoms with E-state index in [4.69, 9.17) is 15.2 Å². The van der Waals surface area contributed by atoms with Crippen molar-refractivity contribution in [3.63, 3.8) is 0 Å². The summed E-state index contributed by atoms with van der Waals surface area (Å²) in [5, 5.41) is 8.27. The molecule has 0 saturated heterocycles. The van der Waals surface area contributed by atoms with E-state index in [-0.39, 0.29) is 23.6 Å². The lowest BCUT2D eigenvalue weighted by atomic mass is 10.1. The minimum absolute atomic E-state index is 0.0253. The summed E-state index contributed by atoms with van der Waals surface area (Å²) in [6, 6.07) is 1.70. The van der Waals surface area contributed by atoms with E-state index in [1.165, 1.54) is 11.4 Å². The van der Waals surface area contributed by atoms with Gasteiger partial charge in [-0.05, 0) is 26.8 Å². The second-order valence-corrected chi connectivity index (χ2v) is 5.72. The van der Waals surface area contributed by atoms with E-state index in [1.807, 2.05) is 13.8 Å². The molecule has 2 atom stereocenters. The molecule has 0 aromatic carbocycles. The third kappa shape index (κ3) is 3.45. The number of hydrogen-bond donors (Lipinski definition) is 1. The van der Waals surface area contributed by atoms with Crippen molar-refractivity contribution in [2.45, 2.75) is 39.5 Å². The molecular weight excluding hydrogens is 346 g/mol. The first-order valence-corrected chi connectivity index (χ1v) is 8.16. The van der Waals surface area contributed by atoms with Crippen LogP contribution in [0.5, 0.6) is 5.75 Å². The molecule has 10 heteroatoms. The van der Waals surface area contributed by atoms with Crippen LogP contribution in [0.25, 0.3) is 16.8 Å². The molecule has 8 nitrogen and oxygen atoms in total. The predicted octanol–water partition coefficient (Wildman–Crippen LogP) is 2.76. The van der Waals surface area contributed by atoms with Crippen molar-refractivity contribution >= 4 is 11.6 Å². The first kappa shape index (κ1) is 18.1. The number of nitrogens with zero attached hydrogens (tertiary/aromatic N) is 5. The Morgan fingerprint density at radius 3 is 2.77 bits per heavy atom. The summed E-state index contributed by atoms with van der Waals surface area (Å²) in [6.07, 6.45) is 0.772. The fourth-order valence-electron chi connectivity index (χ4n) is 2.51. The Bertz CT molecular complexity index is 894. The molecule has 3 aromatic heterocycles. The Morgan fingerprint density at radius 2 is 2.08 bits per heavy atom. The van der Waals surface area contributed by atoms with E-state index >= 15 is 0 Å². The van der Waals surface area contributed by atoms with Crippen LogP contribution in [-0.2, 0) is 4.74 Å². The zero-order chi connectivity index (χ0) is 18.8. The van der Waals surface area contributed by atoms with E-state index in [0.29, 0.717) is 17.7 Å². The number of fused-ring (bicyclic) bond motifs is 1. The van der Waals surface area contributed by atoms with Gasteiger partial charge in [0.15, 0.2) is 17.5 Å². The summed E-state index contributed by atoms with van der Waals surface area (Å²) in [7, 11) is 0. The van der Waals surface area contributed by atoms with E-state index < -0.39 is 12.5 Å². The smallest absolute Gasteiger partial charge is 0.274 e. The molecule has 3 aromatic rings. The molecule has 0 spiro atoms. The largest absolute Gasteiger partial charge is 0.480 e. The van der Waals surface area contributed by atoms with E-state index in [1.54, 1.807) is 29.3 Å². The Kier molecular flexibility index (Phi) is 5.03. The third-order valence-corrected chi connectivity index (χ3v) is 3.83. The first-order valence-electron chi connectivity index (χ1n) is 8.16. The van der Waals surface area contributed by atoms with Crippen molar-refractivity contribution in [2.75, 3.05) is 12.3 Å². The molecule has 0 amide bonds. The van der Waals surface area contributed by atoms with Gasteiger partial charge in [0.25, 0.3) is 6.43 Å². The number of anilines is 1. The molecule has 0 fully saturated rings. The molecule has 3 rings (SSSR count). The molecule has 26 heavy (non-hydrogen) atoms. The zero-order valence-corrected chi connectivity index (χ0v) is 14.6. The molecule has 140 valence electrons. The Labute approximate surface area is 148 Å². The second kappa shape index (κ2) is 7.24. The third-order valence-electron chi connectivity index (χ3n) is 3.83. The van der Waals surface area contributed by atoms with Crippen LogP contribution in [-0.4, -0.2) is 43.5 Å². The highest BCUT2D eigenvalue weighted by atomic mass is 19.3. The van der Waals surface area contributed by atoms with E-state index in [9.17, 15) is 8.78 Å². The number of nitrogen functional groups attached to an aromatic ring is 1. The maximum atomic E-state index is 13.0. The molecule has 0 aliphatic carbocycles. The SMILES string of the molecule is CCOC(C)n1cc(-c2ccn3nc(N)nc3c2OC(C)C(F)F)cn1. The highest BCUT2D eigenvalue weighted by Crippen LogP contribution is 2.34. The zero-order valence-electron chi connectivity index (χ0n) is 14.6. The van der Waals surface area contributed by atoms with Gasteiger partial charge in [-0.25, -0.2) is 18.0 Å². The lowest BCUT2D eigenvalue weighted by Crippen LogP contribution is -2.21. The number of pyridine rings is 1.